The van der Waals surface area contributed by atoms with E-state index in [0.29, 0.717) is 17.1 Å². The number of hydrogen-bond acceptors (Lipinski definition) is 4. The lowest BCUT2D eigenvalue weighted by molar-refractivity contribution is -0.0504. The molecule has 0 bridgehead atoms. The third-order valence-corrected chi connectivity index (χ3v) is 3.88. The van der Waals surface area contributed by atoms with Crippen LogP contribution in [-0.2, 0) is 6.54 Å². The van der Waals surface area contributed by atoms with Gasteiger partial charge >= 0.3 is 12.6 Å². The maximum Gasteiger partial charge on any atom is 0.387 e. The van der Waals surface area contributed by atoms with Crippen molar-refractivity contribution in [2.45, 2.75) is 26.1 Å². The van der Waals surface area contributed by atoms with Crippen LogP contribution in [-0.4, -0.2) is 26.9 Å². The zero-order valence-electron chi connectivity index (χ0n) is 15.3. The molecule has 0 saturated carbocycles. The molecule has 0 heterocycles. The third kappa shape index (κ3) is 5.73. The summed E-state index contributed by atoms with van der Waals surface area (Å²) in [7, 11) is 3.09. The Bertz CT molecular complexity index is 771. The van der Waals surface area contributed by atoms with Crippen LogP contribution in [0.4, 0.5) is 13.6 Å². The van der Waals surface area contributed by atoms with E-state index < -0.39 is 12.6 Å². The first kappa shape index (κ1) is 20.3. The van der Waals surface area contributed by atoms with Crippen molar-refractivity contribution >= 4 is 6.03 Å². The maximum atomic E-state index is 12.4. The minimum atomic E-state index is -2.93. The molecule has 0 unspecified atom stereocenters. The molecule has 8 heteroatoms. The molecule has 0 aromatic heterocycles. The minimum absolute atomic E-state index is 0.0234. The molecule has 2 rings (SSSR count). The first-order valence-electron chi connectivity index (χ1n) is 8.23. The Morgan fingerprint density at radius 2 is 1.81 bits per heavy atom. The molecular weight excluding hydrogens is 358 g/mol. The topological polar surface area (TPSA) is 68.8 Å². The smallest absolute Gasteiger partial charge is 0.387 e. The minimum Gasteiger partial charge on any atom is -0.497 e. The number of nitrogens with one attached hydrogen (secondary N) is 2. The van der Waals surface area contributed by atoms with Gasteiger partial charge in [0.05, 0.1) is 20.3 Å². The monoisotopic (exact) mass is 380 g/mol. The fourth-order valence-electron chi connectivity index (χ4n) is 2.54. The first-order chi connectivity index (χ1) is 12.9. The lowest BCUT2D eigenvalue weighted by Gasteiger charge is -2.19. The van der Waals surface area contributed by atoms with Crippen molar-refractivity contribution in [3.63, 3.8) is 0 Å². The number of halogens is 2. The Morgan fingerprint density at radius 1 is 1.07 bits per heavy atom. The Labute approximate surface area is 156 Å². The summed E-state index contributed by atoms with van der Waals surface area (Å²) in [6.07, 6.45) is 0. The van der Waals surface area contributed by atoms with Crippen molar-refractivity contribution in [1.29, 1.82) is 0 Å². The van der Waals surface area contributed by atoms with Crippen LogP contribution in [0.1, 0.15) is 24.1 Å². The van der Waals surface area contributed by atoms with Gasteiger partial charge in [-0.05, 0) is 31.2 Å². The predicted octanol–water partition coefficient (Wildman–Crippen LogP) is 3.87. The first-order valence-corrected chi connectivity index (χ1v) is 8.23. The van der Waals surface area contributed by atoms with Crippen LogP contribution in [0, 0.1) is 0 Å². The molecule has 0 radical (unpaired) electrons. The Morgan fingerprint density at radius 3 is 2.48 bits per heavy atom. The summed E-state index contributed by atoms with van der Waals surface area (Å²) in [5, 5.41) is 5.41. The van der Waals surface area contributed by atoms with Gasteiger partial charge in [0.1, 0.15) is 17.2 Å². The molecule has 2 aromatic carbocycles. The summed E-state index contributed by atoms with van der Waals surface area (Å²) in [5.74, 6) is 1.27. The molecule has 0 saturated heterocycles. The SMILES string of the molecule is COc1ccc(OC)c([C@H](C)NC(=O)NCc2ccccc2OC(F)F)c1. The summed E-state index contributed by atoms with van der Waals surface area (Å²) in [6, 6.07) is 10.7. The fraction of sp³-hybridized carbons (Fsp3) is 0.316. The van der Waals surface area contributed by atoms with Gasteiger partial charge in [0.2, 0.25) is 0 Å². The number of carbonyl (C=O) groups is 1. The van der Waals surface area contributed by atoms with Crippen LogP contribution in [0.3, 0.4) is 0 Å². The van der Waals surface area contributed by atoms with Crippen LogP contribution in [0.15, 0.2) is 42.5 Å². The number of benzene rings is 2. The molecule has 0 aliphatic carbocycles. The van der Waals surface area contributed by atoms with Crippen molar-refractivity contribution in [2.24, 2.45) is 0 Å². The molecule has 27 heavy (non-hydrogen) atoms. The summed E-state index contributed by atoms with van der Waals surface area (Å²) in [5.41, 5.74) is 1.19. The van der Waals surface area contributed by atoms with Gasteiger partial charge in [-0.15, -0.1) is 0 Å². The number of para-hydroxylation sites is 1. The van der Waals surface area contributed by atoms with Crippen LogP contribution in [0.25, 0.3) is 0 Å². The summed E-state index contributed by atoms with van der Waals surface area (Å²) in [6.45, 7) is -1.10. The number of ether oxygens (including phenoxy) is 3. The third-order valence-electron chi connectivity index (χ3n) is 3.88. The molecular formula is C19H22F2N2O4. The number of hydrogen-bond donors (Lipinski definition) is 2. The van der Waals surface area contributed by atoms with Crippen molar-refractivity contribution in [1.82, 2.24) is 10.6 Å². The second-order valence-electron chi connectivity index (χ2n) is 5.64. The van der Waals surface area contributed by atoms with Gasteiger partial charge < -0.3 is 24.8 Å². The number of alkyl halides is 2. The highest BCUT2D eigenvalue weighted by atomic mass is 19.3. The molecule has 2 amide bonds. The number of rotatable bonds is 8. The van der Waals surface area contributed by atoms with Gasteiger partial charge in [0, 0.05) is 17.7 Å². The van der Waals surface area contributed by atoms with E-state index >= 15 is 0 Å². The lowest BCUT2D eigenvalue weighted by Crippen LogP contribution is -2.36. The van der Waals surface area contributed by atoms with Gasteiger partial charge in [-0.25, -0.2) is 4.79 Å². The lowest BCUT2D eigenvalue weighted by atomic mass is 10.1. The van der Waals surface area contributed by atoms with E-state index in [0.717, 1.165) is 5.56 Å². The molecule has 1 atom stereocenters. The normalized spacial score (nSPS) is 11.6. The molecule has 146 valence electrons. The maximum absolute atomic E-state index is 12.4. The average Bonchev–Trinajstić information content (AvgIpc) is 2.66. The van der Waals surface area contributed by atoms with Gasteiger partial charge in [-0.1, -0.05) is 18.2 Å². The Kier molecular flexibility index (Phi) is 7.22. The van der Waals surface area contributed by atoms with Gasteiger partial charge in [-0.3, -0.25) is 0 Å². The number of amides is 2. The summed E-state index contributed by atoms with van der Waals surface area (Å²) < 4.78 is 39.9. The van der Waals surface area contributed by atoms with E-state index in [-0.39, 0.29) is 18.3 Å². The van der Waals surface area contributed by atoms with Gasteiger partial charge in [0.15, 0.2) is 0 Å². The number of urea groups is 1. The van der Waals surface area contributed by atoms with Crippen LogP contribution in [0.5, 0.6) is 17.2 Å². The van der Waals surface area contributed by atoms with Crippen molar-refractivity contribution in [3.05, 3.63) is 53.6 Å². The largest absolute Gasteiger partial charge is 0.497 e. The van der Waals surface area contributed by atoms with Crippen molar-refractivity contribution < 1.29 is 27.8 Å². The molecule has 0 spiro atoms. The summed E-state index contributed by atoms with van der Waals surface area (Å²) in [4.78, 5) is 12.2. The fourth-order valence-corrected chi connectivity index (χ4v) is 2.54. The molecule has 2 aromatic rings. The van der Waals surface area contributed by atoms with Crippen LogP contribution >= 0.6 is 0 Å². The quantitative estimate of drug-likeness (QED) is 0.730. The Hall–Kier alpha value is -3.03. The highest BCUT2D eigenvalue weighted by Gasteiger charge is 2.16. The number of methoxy groups -OCH3 is 2. The molecule has 2 N–H and O–H groups in total. The zero-order valence-corrected chi connectivity index (χ0v) is 15.3. The van der Waals surface area contributed by atoms with E-state index in [2.05, 4.69) is 15.4 Å². The van der Waals surface area contributed by atoms with E-state index in [1.807, 2.05) is 0 Å². The van der Waals surface area contributed by atoms with E-state index in [4.69, 9.17) is 9.47 Å². The standard InChI is InChI=1S/C19H22F2N2O4/c1-12(15-10-14(25-2)8-9-17(15)26-3)23-19(24)22-11-13-6-4-5-7-16(13)27-18(20)21/h4-10,12,18H,11H2,1-3H3,(H2,22,23,24)/t12-/m0/s1. The number of carbonyl (C=O) groups excluding carboxylic acids is 1. The molecule has 0 aliphatic heterocycles. The van der Waals surface area contributed by atoms with E-state index in [1.165, 1.54) is 13.2 Å². The van der Waals surface area contributed by atoms with Crippen LogP contribution < -0.4 is 24.8 Å². The molecule has 0 fully saturated rings. The molecule has 0 aliphatic rings. The van der Waals surface area contributed by atoms with E-state index in [1.54, 1.807) is 50.4 Å². The predicted molar refractivity (Wildman–Crippen MR) is 96.4 cm³/mol. The molecule has 6 nitrogen and oxygen atoms in total. The Balaban J connectivity index is 2.00. The second-order valence-corrected chi connectivity index (χ2v) is 5.64. The summed E-state index contributed by atoms with van der Waals surface area (Å²) >= 11 is 0. The highest BCUT2D eigenvalue weighted by molar-refractivity contribution is 5.74. The van der Waals surface area contributed by atoms with Crippen LogP contribution in [0.2, 0.25) is 0 Å². The second kappa shape index (κ2) is 9.61. The zero-order chi connectivity index (χ0) is 19.8. The van der Waals surface area contributed by atoms with Crippen molar-refractivity contribution in [3.8, 4) is 17.2 Å². The average molecular weight is 380 g/mol. The van der Waals surface area contributed by atoms with Crippen molar-refractivity contribution in [2.75, 3.05) is 14.2 Å². The van der Waals surface area contributed by atoms with Gasteiger partial charge in [0.25, 0.3) is 0 Å². The highest BCUT2D eigenvalue weighted by Crippen LogP contribution is 2.29. The van der Waals surface area contributed by atoms with E-state index in [9.17, 15) is 13.6 Å². The van der Waals surface area contributed by atoms with Gasteiger partial charge in [-0.2, -0.15) is 8.78 Å².